The van der Waals surface area contributed by atoms with Crippen LogP contribution in [-0.2, 0) is 0 Å². The molecule has 1 atom stereocenters. The maximum atomic E-state index is 3.71. The van der Waals surface area contributed by atoms with E-state index in [4.69, 9.17) is 0 Å². The van der Waals surface area contributed by atoms with Crippen molar-refractivity contribution in [3.63, 3.8) is 0 Å². The van der Waals surface area contributed by atoms with E-state index in [1.165, 1.54) is 38.8 Å². The van der Waals surface area contributed by atoms with E-state index in [1.807, 2.05) is 7.05 Å². The van der Waals surface area contributed by atoms with Crippen LogP contribution in [0.2, 0.25) is 0 Å². The first kappa shape index (κ1) is 12.0. The fourth-order valence-corrected chi connectivity index (χ4v) is 2.06. The molecule has 14 heavy (non-hydrogen) atoms. The molecule has 3 heteroatoms. The summed E-state index contributed by atoms with van der Waals surface area (Å²) in [7, 11) is 2.02. The van der Waals surface area contributed by atoms with Gasteiger partial charge in [0.15, 0.2) is 0 Å². The van der Waals surface area contributed by atoms with Gasteiger partial charge in [0.1, 0.15) is 0 Å². The molecule has 1 aliphatic heterocycles. The monoisotopic (exact) mass is 199 g/mol. The van der Waals surface area contributed by atoms with Crippen molar-refractivity contribution in [2.45, 2.75) is 44.7 Å². The Morgan fingerprint density at radius 3 is 2.71 bits per heavy atom. The van der Waals surface area contributed by atoms with Gasteiger partial charge in [-0.15, -0.1) is 0 Å². The van der Waals surface area contributed by atoms with E-state index in [0.29, 0.717) is 6.04 Å². The Bertz CT molecular complexity index is 132. The van der Waals surface area contributed by atoms with E-state index in [2.05, 4.69) is 22.9 Å². The zero-order valence-corrected chi connectivity index (χ0v) is 9.60. The lowest BCUT2D eigenvalue weighted by atomic mass is 10.0. The normalized spacial score (nSPS) is 21.0. The molecule has 0 aromatic carbocycles. The Kier molecular flexibility index (Phi) is 6.15. The lowest BCUT2D eigenvalue weighted by molar-refractivity contribution is 0.344. The van der Waals surface area contributed by atoms with Crippen molar-refractivity contribution in [1.29, 1.82) is 0 Å². The minimum atomic E-state index is 0.673. The van der Waals surface area contributed by atoms with Crippen molar-refractivity contribution in [1.82, 2.24) is 16.0 Å². The summed E-state index contributed by atoms with van der Waals surface area (Å²) < 4.78 is 0. The van der Waals surface area contributed by atoms with Crippen LogP contribution >= 0.6 is 0 Å². The molecule has 0 aromatic rings. The molecule has 1 rings (SSSR count). The molecule has 84 valence electrons. The summed E-state index contributed by atoms with van der Waals surface area (Å²) in [4.78, 5) is 0. The smallest absolute Gasteiger partial charge is 0.00937 e. The Morgan fingerprint density at radius 2 is 2.07 bits per heavy atom. The van der Waals surface area contributed by atoms with Gasteiger partial charge in [0, 0.05) is 12.1 Å². The van der Waals surface area contributed by atoms with Crippen LogP contribution in [0.3, 0.4) is 0 Å². The highest BCUT2D eigenvalue weighted by Gasteiger charge is 2.14. The largest absolute Gasteiger partial charge is 0.320 e. The van der Waals surface area contributed by atoms with Crippen LogP contribution in [0.1, 0.15) is 32.6 Å². The van der Waals surface area contributed by atoms with Crippen LogP contribution in [0.5, 0.6) is 0 Å². The second-order valence-electron chi connectivity index (χ2n) is 4.34. The minimum Gasteiger partial charge on any atom is -0.320 e. The van der Waals surface area contributed by atoms with Crippen LogP contribution in [-0.4, -0.2) is 38.8 Å². The van der Waals surface area contributed by atoms with Crippen molar-refractivity contribution in [3.8, 4) is 0 Å². The standard InChI is InChI=1S/C11H25N3/c1-10(4-3-7-12-2)14-11-5-8-13-9-6-11/h10-14H,3-9H2,1-2H3. The van der Waals surface area contributed by atoms with Gasteiger partial charge in [-0.05, 0) is 59.3 Å². The molecule has 3 N–H and O–H groups in total. The fraction of sp³-hybridized carbons (Fsp3) is 1.00. The number of piperidine rings is 1. The molecule has 0 aliphatic carbocycles. The number of hydrogen-bond acceptors (Lipinski definition) is 3. The van der Waals surface area contributed by atoms with Gasteiger partial charge < -0.3 is 16.0 Å². The summed E-state index contributed by atoms with van der Waals surface area (Å²) in [5.74, 6) is 0. The predicted octanol–water partition coefficient (Wildman–Crippen LogP) is 0.716. The molecular formula is C11H25N3. The summed E-state index contributed by atoms with van der Waals surface area (Å²) in [6.45, 7) is 5.80. The van der Waals surface area contributed by atoms with Crippen LogP contribution < -0.4 is 16.0 Å². The highest BCUT2D eigenvalue weighted by molar-refractivity contribution is 4.77. The Labute approximate surface area is 88.0 Å². The van der Waals surface area contributed by atoms with Gasteiger partial charge >= 0.3 is 0 Å². The van der Waals surface area contributed by atoms with Crippen molar-refractivity contribution in [2.75, 3.05) is 26.7 Å². The maximum Gasteiger partial charge on any atom is 0.00937 e. The molecule has 1 fully saturated rings. The molecule has 0 bridgehead atoms. The molecule has 3 nitrogen and oxygen atoms in total. The Morgan fingerprint density at radius 1 is 1.36 bits per heavy atom. The van der Waals surface area contributed by atoms with E-state index in [9.17, 15) is 0 Å². The minimum absolute atomic E-state index is 0.673. The van der Waals surface area contributed by atoms with Crippen molar-refractivity contribution < 1.29 is 0 Å². The number of rotatable bonds is 6. The highest BCUT2D eigenvalue weighted by atomic mass is 15.0. The van der Waals surface area contributed by atoms with Gasteiger partial charge in [0.05, 0.1) is 0 Å². The van der Waals surface area contributed by atoms with Gasteiger partial charge in [-0.25, -0.2) is 0 Å². The lowest BCUT2D eigenvalue weighted by Crippen LogP contribution is -2.43. The van der Waals surface area contributed by atoms with E-state index >= 15 is 0 Å². The Hall–Kier alpha value is -0.120. The zero-order chi connectivity index (χ0) is 10.2. The third kappa shape index (κ3) is 4.94. The molecule has 1 aliphatic rings. The summed E-state index contributed by atoms with van der Waals surface area (Å²) in [6, 6.07) is 1.42. The van der Waals surface area contributed by atoms with Crippen LogP contribution in [0.25, 0.3) is 0 Å². The van der Waals surface area contributed by atoms with Crippen molar-refractivity contribution >= 4 is 0 Å². The number of hydrogen-bond donors (Lipinski definition) is 3. The molecular weight excluding hydrogens is 174 g/mol. The Balaban J connectivity index is 2.03. The van der Waals surface area contributed by atoms with Crippen LogP contribution in [0.15, 0.2) is 0 Å². The van der Waals surface area contributed by atoms with Crippen LogP contribution in [0.4, 0.5) is 0 Å². The first-order chi connectivity index (χ1) is 6.83. The summed E-state index contributed by atoms with van der Waals surface area (Å²) in [5.41, 5.74) is 0. The SMILES string of the molecule is CNCCCC(C)NC1CCNCC1. The molecule has 1 saturated heterocycles. The maximum absolute atomic E-state index is 3.71. The molecule has 0 saturated carbocycles. The molecule has 0 aromatic heterocycles. The van der Waals surface area contributed by atoms with E-state index in [0.717, 1.165) is 12.6 Å². The average molecular weight is 199 g/mol. The predicted molar refractivity (Wildman–Crippen MR) is 61.7 cm³/mol. The molecule has 1 unspecified atom stereocenters. The summed E-state index contributed by atoms with van der Waals surface area (Å²) >= 11 is 0. The number of nitrogens with one attached hydrogen (secondary N) is 3. The molecule has 0 amide bonds. The van der Waals surface area contributed by atoms with Gasteiger partial charge in [-0.3, -0.25) is 0 Å². The first-order valence-electron chi connectivity index (χ1n) is 5.94. The summed E-state index contributed by atoms with van der Waals surface area (Å²) in [6.07, 6.45) is 5.13. The second kappa shape index (κ2) is 7.21. The van der Waals surface area contributed by atoms with Crippen molar-refractivity contribution in [3.05, 3.63) is 0 Å². The second-order valence-corrected chi connectivity index (χ2v) is 4.34. The quantitative estimate of drug-likeness (QED) is 0.552. The third-order valence-electron chi connectivity index (χ3n) is 2.92. The van der Waals surface area contributed by atoms with E-state index in [1.54, 1.807) is 0 Å². The fourth-order valence-electron chi connectivity index (χ4n) is 2.06. The van der Waals surface area contributed by atoms with Crippen LogP contribution in [0, 0.1) is 0 Å². The molecule has 1 heterocycles. The average Bonchev–Trinajstić information content (AvgIpc) is 2.20. The lowest BCUT2D eigenvalue weighted by Gasteiger charge is -2.27. The van der Waals surface area contributed by atoms with Gasteiger partial charge in [0.2, 0.25) is 0 Å². The van der Waals surface area contributed by atoms with Gasteiger partial charge in [-0.1, -0.05) is 0 Å². The van der Waals surface area contributed by atoms with Gasteiger partial charge in [-0.2, -0.15) is 0 Å². The first-order valence-corrected chi connectivity index (χ1v) is 5.94. The topological polar surface area (TPSA) is 36.1 Å². The van der Waals surface area contributed by atoms with Gasteiger partial charge in [0.25, 0.3) is 0 Å². The van der Waals surface area contributed by atoms with E-state index in [-0.39, 0.29) is 0 Å². The van der Waals surface area contributed by atoms with Crippen molar-refractivity contribution in [2.24, 2.45) is 0 Å². The molecule has 0 radical (unpaired) electrons. The molecule has 0 spiro atoms. The highest BCUT2D eigenvalue weighted by Crippen LogP contribution is 2.05. The third-order valence-corrected chi connectivity index (χ3v) is 2.92. The zero-order valence-electron chi connectivity index (χ0n) is 9.60. The summed E-state index contributed by atoms with van der Waals surface area (Å²) in [5, 5.41) is 10.3. The van der Waals surface area contributed by atoms with E-state index < -0.39 is 0 Å².